The number of nitrogens with zero attached hydrogens (tertiary/aromatic N) is 3. The maximum Gasteiger partial charge on any atom is 0.341 e. The van der Waals surface area contributed by atoms with Crippen LogP contribution in [0.4, 0.5) is 10.5 Å². The van der Waals surface area contributed by atoms with Crippen LogP contribution in [0.2, 0.25) is 0 Å². The van der Waals surface area contributed by atoms with Crippen molar-refractivity contribution < 1.29 is 23.9 Å². The normalized spacial score (nSPS) is 16.7. The Labute approximate surface area is 217 Å². The first-order valence-corrected chi connectivity index (χ1v) is 13.0. The third kappa shape index (κ3) is 4.27. The second-order valence-electron chi connectivity index (χ2n) is 8.94. The molecule has 1 aliphatic heterocycles. The average molecular weight is 519 g/mol. The number of anilines is 1. The van der Waals surface area contributed by atoms with E-state index < -0.39 is 17.8 Å². The number of nitrogens with one attached hydrogen (secondary N) is 1. The number of barbiturate groups is 1. The van der Waals surface area contributed by atoms with Crippen LogP contribution in [0.5, 0.6) is 0 Å². The number of ether oxygens (including phenoxy) is 1. The lowest BCUT2D eigenvalue weighted by molar-refractivity contribution is -0.122. The number of carbonyl (C=O) groups is 4. The van der Waals surface area contributed by atoms with Gasteiger partial charge in [-0.2, -0.15) is 0 Å². The molecule has 10 heteroatoms. The molecule has 1 fully saturated rings. The highest BCUT2D eigenvalue weighted by Crippen LogP contribution is 2.39. The van der Waals surface area contributed by atoms with Gasteiger partial charge in [-0.1, -0.05) is 0 Å². The summed E-state index contributed by atoms with van der Waals surface area (Å²) in [5, 5.41) is 3.03. The Balaban J connectivity index is 1.59. The Morgan fingerprint density at radius 1 is 1.16 bits per heavy atom. The van der Waals surface area contributed by atoms with Crippen LogP contribution in [-0.2, 0) is 27.2 Å². The average Bonchev–Trinajstić information content (AvgIpc) is 3.38. The molecule has 1 aliphatic carbocycles. The number of aromatic nitrogens is 2. The maximum absolute atomic E-state index is 13.3. The minimum atomic E-state index is -0.813. The molecule has 0 aromatic carbocycles. The van der Waals surface area contributed by atoms with E-state index in [9.17, 15) is 19.2 Å². The van der Waals surface area contributed by atoms with Crippen molar-refractivity contribution in [1.29, 1.82) is 0 Å². The molecule has 2 aliphatic rings. The summed E-state index contributed by atoms with van der Waals surface area (Å²) in [4.78, 5) is 57.5. The van der Waals surface area contributed by atoms with E-state index >= 15 is 0 Å². The van der Waals surface area contributed by atoms with Gasteiger partial charge in [-0.05, 0) is 81.9 Å². The summed E-state index contributed by atoms with van der Waals surface area (Å²) in [6.45, 7) is 5.87. The van der Waals surface area contributed by atoms with Gasteiger partial charge in [0.05, 0.1) is 17.9 Å². The molecule has 4 heterocycles. The highest BCUT2D eigenvalue weighted by Gasteiger charge is 2.37. The predicted octanol–water partition coefficient (Wildman–Crippen LogP) is 4.27. The summed E-state index contributed by atoms with van der Waals surface area (Å²) in [5.41, 5.74) is 4.06. The molecular weight excluding hydrogens is 492 g/mol. The molecule has 37 heavy (non-hydrogen) atoms. The lowest BCUT2D eigenvalue weighted by Gasteiger charge is -2.26. The van der Waals surface area contributed by atoms with Gasteiger partial charge in [0.15, 0.2) is 0 Å². The third-order valence-electron chi connectivity index (χ3n) is 6.63. The fraction of sp³-hybridized carbons (Fsp3) is 0.296. The van der Waals surface area contributed by atoms with Gasteiger partial charge in [-0.3, -0.25) is 19.9 Å². The lowest BCUT2D eigenvalue weighted by atomic mass is 9.95. The number of imide groups is 2. The van der Waals surface area contributed by atoms with Gasteiger partial charge in [0, 0.05) is 28.7 Å². The van der Waals surface area contributed by atoms with Gasteiger partial charge in [0.2, 0.25) is 0 Å². The van der Waals surface area contributed by atoms with Gasteiger partial charge in [0.1, 0.15) is 10.6 Å². The second kappa shape index (κ2) is 9.78. The van der Waals surface area contributed by atoms with Crippen molar-refractivity contribution in [2.24, 2.45) is 0 Å². The fourth-order valence-corrected chi connectivity index (χ4v) is 6.40. The number of pyridine rings is 1. The van der Waals surface area contributed by atoms with E-state index in [4.69, 9.17) is 4.74 Å². The van der Waals surface area contributed by atoms with Crippen LogP contribution in [0.1, 0.15) is 57.5 Å². The van der Waals surface area contributed by atoms with Gasteiger partial charge in [0.25, 0.3) is 11.8 Å². The first kappa shape index (κ1) is 24.6. The zero-order chi connectivity index (χ0) is 26.3. The molecule has 0 unspecified atom stereocenters. The van der Waals surface area contributed by atoms with Crippen molar-refractivity contribution in [2.75, 3.05) is 11.5 Å². The predicted molar refractivity (Wildman–Crippen MR) is 139 cm³/mol. The smallest absolute Gasteiger partial charge is 0.341 e. The van der Waals surface area contributed by atoms with Crippen LogP contribution >= 0.6 is 11.3 Å². The van der Waals surface area contributed by atoms with Crippen LogP contribution < -0.4 is 10.2 Å². The Hall–Kier alpha value is -4.05. The fourth-order valence-electron chi connectivity index (χ4n) is 4.91. The standard InChI is InChI=1S/C27H26N4O5S/c1-4-36-26(34)22-19-7-5-6-8-21(19)37-25(22)30-15(2)13-17(16(30)3)14-20-23(32)29-27(35)31(24(20)33)18-9-11-28-12-10-18/h9-14H,4-8H2,1-3H3,(H,29,32,35)/b20-14+. The first-order valence-electron chi connectivity index (χ1n) is 12.1. The zero-order valence-electron chi connectivity index (χ0n) is 20.8. The molecule has 3 aromatic rings. The monoisotopic (exact) mass is 518 g/mol. The molecule has 0 atom stereocenters. The number of aryl methyl sites for hydroxylation is 2. The number of esters is 1. The maximum atomic E-state index is 13.3. The van der Waals surface area contributed by atoms with Gasteiger partial charge < -0.3 is 9.30 Å². The molecule has 1 N–H and O–H groups in total. The second-order valence-corrected chi connectivity index (χ2v) is 10.0. The van der Waals surface area contributed by atoms with Gasteiger partial charge >= 0.3 is 12.0 Å². The lowest BCUT2D eigenvalue weighted by Crippen LogP contribution is -2.54. The molecule has 3 aromatic heterocycles. The minimum Gasteiger partial charge on any atom is -0.462 e. The summed E-state index contributed by atoms with van der Waals surface area (Å²) in [5.74, 6) is -1.81. The molecule has 190 valence electrons. The molecule has 1 saturated heterocycles. The topological polar surface area (TPSA) is 111 Å². The van der Waals surface area contributed by atoms with Crippen LogP contribution in [0, 0.1) is 13.8 Å². The van der Waals surface area contributed by atoms with Crippen molar-refractivity contribution in [3.05, 3.63) is 69.1 Å². The molecule has 0 radical (unpaired) electrons. The zero-order valence-corrected chi connectivity index (χ0v) is 21.6. The van der Waals surface area contributed by atoms with E-state index in [1.165, 1.54) is 35.5 Å². The van der Waals surface area contributed by atoms with E-state index in [0.29, 0.717) is 16.8 Å². The summed E-state index contributed by atoms with van der Waals surface area (Å²) in [7, 11) is 0. The van der Waals surface area contributed by atoms with Crippen molar-refractivity contribution >= 4 is 46.9 Å². The molecular formula is C27H26N4O5S. The van der Waals surface area contributed by atoms with Crippen molar-refractivity contribution in [3.63, 3.8) is 0 Å². The van der Waals surface area contributed by atoms with E-state index in [-0.39, 0.29) is 18.1 Å². The number of carbonyl (C=O) groups excluding carboxylic acids is 4. The van der Waals surface area contributed by atoms with Crippen LogP contribution in [0.25, 0.3) is 11.1 Å². The molecule has 5 rings (SSSR count). The summed E-state index contributed by atoms with van der Waals surface area (Å²) < 4.78 is 7.40. The summed E-state index contributed by atoms with van der Waals surface area (Å²) in [6.07, 6.45) is 8.30. The van der Waals surface area contributed by atoms with Crippen LogP contribution in [0.3, 0.4) is 0 Å². The van der Waals surface area contributed by atoms with Crippen molar-refractivity contribution in [2.45, 2.75) is 46.5 Å². The van der Waals surface area contributed by atoms with Gasteiger partial charge in [-0.15, -0.1) is 11.3 Å². The summed E-state index contributed by atoms with van der Waals surface area (Å²) in [6, 6.07) is 4.09. The van der Waals surface area contributed by atoms with Crippen LogP contribution in [0.15, 0.2) is 36.2 Å². The van der Waals surface area contributed by atoms with Crippen molar-refractivity contribution in [1.82, 2.24) is 14.9 Å². The quantitative estimate of drug-likeness (QED) is 0.307. The Morgan fingerprint density at radius 2 is 1.89 bits per heavy atom. The number of thiophene rings is 1. The number of fused-ring (bicyclic) bond motifs is 1. The van der Waals surface area contributed by atoms with E-state index in [2.05, 4.69) is 10.3 Å². The summed E-state index contributed by atoms with van der Waals surface area (Å²) >= 11 is 1.59. The number of urea groups is 1. The molecule has 0 spiro atoms. The Bertz CT molecular complexity index is 1470. The minimum absolute atomic E-state index is 0.159. The number of hydrogen-bond donors (Lipinski definition) is 1. The number of amides is 4. The Kier molecular flexibility index (Phi) is 6.51. The number of hydrogen-bond acceptors (Lipinski definition) is 7. The van der Waals surface area contributed by atoms with E-state index in [1.807, 2.05) is 24.5 Å². The highest BCUT2D eigenvalue weighted by molar-refractivity contribution is 7.15. The molecule has 4 amide bonds. The Morgan fingerprint density at radius 3 is 2.62 bits per heavy atom. The highest BCUT2D eigenvalue weighted by atomic mass is 32.1. The SMILES string of the molecule is CCOC(=O)c1c(-n2c(C)cc(/C=C3\C(=O)NC(=O)N(c4ccncc4)C3=O)c2C)sc2c1CCCC2. The molecule has 9 nitrogen and oxygen atoms in total. The van der Waals surface area contributed by atoms with Crippen LogP contribution in [-0.4, -0.2) is 40.0 Å². The van der Waals surface area contributed by atoms with E-state index in [1.54, 1.807) is 18.3 Å². The van der Waals surface area contributed by atoms with Gasteiger partial charge in [-0.25, -0.2) is 14.5 Å². The first-order chi connectivity index (χ1) is 17.8. The third-order valence-corrected chi connectivity index (χ3v) is 7.91. The van der Waals surface area contributed by atoms with E-state index in [0.717, 1.165) is 52.5 Å². The largest absolute Gasteiger partial charge is 0.462 e. The number of rotatable bonds is 5. The molecule has 0 bridgehead atoms. The van der Waals surface area contributed by atoms with Crippen molar-refractivity contribution in [3.8, 4) is 5.00 Å². The molecule has 0 saturated carbocycles.